The predicted molar refractivity (Wildman–Crippen MR) is 70.4 cm³/mol. The zero-order valence-corrected chi connectivity index (χ0v) is 11.4. The van der Waals surface area contributed by atoms with Crippen LogP contribution in [0.2, 0.25) is 0 Å². The third kappa shape index (κ3) is 5.34. The Hall–Kier alpha value is -0.0400. The fraction of sp³-hybridized carbons (Fsp3) is 1.00. The van der Waals surface area contributed by atoms with Crippen LogP contribution in [0.25, 0.3) is 0 Å². The zero-order chi connectivity index (χ0) is 12.0. The Morgan fingerprint density at radius 2 is 1.62 bits per heavy atom. The normalized spacial score (nSPS) is 22.3. The molecule has 1 fully saturated rings. The Labute approximate surface area is 102 Å². The number of aliphatic hydroxyl groups is 1. The van der Waals surface area contributed by atoms with Crippen molar-refractivity contribution in [3.8, 4) is 0 Å². The summed E-state index contributed by atoms with van der Waals surface area (Å²) in [7, 11) is 0. The van der Waals surface area contributed by atoms with Gasteiger partial charge in [-0.1, -0.05) is 52.9 Å². The van der Waals surface area contributed by atoms with Crippen LogP contribution in [0.1, 0.15) is 72.1 Å². The van der Waals surface area contributed by atoms with Crippen molar-refractivity contribution in [2.24, 2.45) is 17.8 Å². The van der Waals surface area contributed by atoms with E-state index in [1.54, 1.807) is 0 Å². The van der Waals surface area contributed by atoms with Crippen LogP contribution in [0.4, 0.5) is 0 Å². The lowest BCUT2D eigenvalue weighted by molar-refractivity contribution is 0.106. The molecule has 1 nitrogen and oxygen atoms in total. The standard InChI is InChI=1S/C15H30O/c1-12(2)15(16)10-9-13(3)11-14-7-5-4-6-8-14/h12-16H,4-11H2,1-3H3. The summed E-state index contributed by atoms with van der Waals surface area (Å²) in [6.45, 7) is 6.58. The highest BCUT2D eigenvalue weighted by Gasteiger charge is 2.17. The van der Waals surface area contributed by atoms with Gasteiger partial charge in [-0.05, 0) is 37.0 Å². The zero-order valence-electron chi connectivity index (χ0n) is 11.4. The fourth-order valence-corrected chi connectivity index (χ4v) is 2.90. The van der Waals surface area contributed by atoms with Gasteiger partial charge in [0.1, 0.15) is 0 Å². The third-order valence-corrected chi connectivity index (χ3v) is 4.19. The Morgan fingerprint density at radius 3 is 2.19 bits per heavy atom. The van der Waals surface area contributed by atoms with Gasteiger partial charge in [0.15, 0.2) is 0 Å². The first-order chi connectivity index (χ1) is 7.59. The van der Waals surface area contributed by atoms with Crippen LogP contribution in [0.15, 0.2) is 0 Å². The molecule has 1 aliphatic rings. The van der Waals surface area contributed by atoms with E-state index in [4.69, 9.17) is 0 Å². The van der Waals surface area contributed by atoms with Gasteiger partial charge in [0, 0.05) is 0 Å². The van der Waals surface area contributed by atoms with Gasteiger partial charge < -0.3 is 5.11 Å². The molecule has 0 saturated heterocycles. The molecule has 0 radical (unpaired) electrons. The third-order valence-electron chi connectivity index (χ3n) is 4.19. The van der Waals surface area contributed by atoms with E-state index in [1.807, 2.05) is 0 Å². The molecule has 2 unspecified atom stereocenters. The van der Waals surface area contributed by atoms with Gasteiger partial charge in [-0.2, -0.15) is 0 Å². The van der Waals surface area contributed by atoms with Gasteiger partial charge in [-0.15, -0.1) is 0 Å². The van der Waals surface area contributed by atoms with Crippen LogP contribution in [0, 0.1) is 17.8 Å². The van der Waals surface area contributed by atoms with Crippen LogP contribution in [0.5, 0.6) is 0 Å². The maximum absolute atomic E-state index is 9.78. The SMILES string of the molecule is CC(CCC(O)C(C)C)CC1CCCCC1. The number of hydrogen-bond donors (Lipinski definition) is 1. The fourth-order valence-electron chi connectivity index (χ4n) is 2.90. The highest BCUT2D eigenvalue weighted by Crippen LogP contribution is 2.30. The van der Waals surface area contributed by atoms with Crippen molar-refractivity contribution in [1.82, 2.24) is 0 Å². The maximum Gasteiger partial charge on any atom is 0.0563 e. The molecule has 16 heavy (non-hydrogen) atoms. The minimum absolute atomic E-state index is 0.0891. The highest BCUT2D eigenvalue weighted by atomic mass is 16.3. The van der Waals surface area contributed by atoms with E-state index in [2.05, 4.69) is 20.8 Å². The first kappa shape index (κ1) is 14.0. The molecule has 0 aromatic rings. The Balaban J connectivity index is 2.12. The van der Waals surface area contributed by atoms with Crippen molar-refractivity contribution in [2.45, 2.75) is 78.2 Å². The van der Waals surface area contributed by atoms with Crippen molar-refractivity contribution in [2.75, 3.05) is 0 Å². The lowest BCUT2D eigenvalue weighted by atomic mass is 9.81. The molecule has 0 aromatic carbocycles. The lowest BCUT2D eigenvalue weighted by Gasteiger charge is -2.25. The second kappa shape index (κ2) is 7.32. The summed E-state index contributed by atoms with van der Waals surface area (Å²) in [6, 6.07) is 0. The molecule has 0 aliphatic heterocycles. The maximum atomic E-state index is 9.78. The average molecular weight is 226 g/mol. The Morgan fingerprint density at radius 1 is 1.00 bits per heavy atom. The molecule has 1 heteroatoms. The van der Waals surface area contributed by atoms with E-state index in [9.17, 15) is 5.11 Å². The topological polar surface area (TPSA) is 20.2 Å². The molecule has 96 valence electrons. The van der Waals surface area contributed by atoms with Crippen molar-refractivity contribution >= 4 is 0 Å². The summed E-state index contributed by atoms with van der Waals surface area (Å²) in [6.07, 6.45) is 10.8. The first-order valence-corrected chi connectivity index (χ1v) is 7.27. The van der Waals surface area contributed by atoms with Crippen LogP contribution >= 0.6 is 0 Å². The van der Waals surface area contributed by atoms with Crippen molar-refractivity contribution in [1.29, 1.82) is 0 Å². The van der Waals surface area contributed by atoms with Gasteiger partial charge in [-0.25, -0.2) is 0 Å². The highest BCUT2D eigenvalue weighted by molar-refractivity contribution is 4.70. The van der Waals surface area contributed by atoms with E-state index in [0.29, 0.717) is 5.92 Å². The van der Waals surface area contributed by atoms with Crippen molar-refractivity contribution in [3.05, 3.63) is 0 Å². The molecule has 0 bridgehead atoms. The molecule has 1 rings (SSSR count). The average Bonchev–Trinajstić information content (AvgIpc) is 2.27. The van der Waals surface area contributed by atoms with E-state index >= 15 is 0 Å². The summed E-state index contributed by atoms with van der Waals surface area (Å²) >= 11 is 0. The molecule has 1 N–H and O–H groups in total. The number of aliphatic hydroxyl groups excluding tert-OH is 1. The first-order valence-electron chi connectivity index (χ1n) is 7.27. The lowest BCUT2D eigenvalue weighted by Crippen LogP contribution is -2.17. The quantitative estimate of drug-likeness (QED) is 0.712. The van der Waals surface area contributed by atoms with E-state index in [1.165, 1.54) is 44.9 Å². The van der Waals surface area contributed by atoms with Crippen LogP contribution in [-0.2, 0) is 0 Å². The molecule has 0 aromatic heterocycles. The van der Waals surface area contributed by atoms with E-state index in [0.717, 1.165) is 18.3 Å². The summed E-state index contributed by atoms with van der Waals surface area (Å²) in [5.41, 5.74) is 0. The molecule has 2 atom stereocenters. The summed E-state index contributed by atoms with van der Waals surface area (Å²) in [5, 5.41) is 9.78. The molecular formula is C15H30O. The monoisotopic (exact) mass is 226 g/mol. The summed E-state index contributed by atoms with van der Waals surface area (Å²) in [4.78, 5) is 0. The van der Waals surface area contributed by atoms with Gasteiger partial charge in [0.25, 0.3) is 0 Å². The summed E-state index contributed by atoms with van der Waals surface area (Å²) in [5.74, 6) is 2.21. The van der Waals surface area contributed by atoms with Crippen molar-refractivity contribution in [3.63, 3.8) is 0 Å². The minimum Gasteiger partial charge on any atom is -0.393 e. The molecule has 1 aliphatic carbocycles. The molecule has 0 heterocycles. The Kier molecular flexibility index (Phi) is 6.41. The van der Waals surface area contributed by atoms with Crippen LogP contribution < -0.4 is 0 Å². The molecular weight excluding hydrogens is 196 g/mol. The van der Waals surface area contributed by atoms with Crippen LogP contribution in [0.3, 0.4) is 0 Å². The second-order valence-electron chi connectivity index (χ2n) is 6.23. The van der Waals surface area contributed by atoms with Gasteiger partial charge in [0.2, 0.25) is 0 Å². The van der Waals surface area contributed by atoms with Crippen LogP contribution in [-0.4, -0.2) is 11.2 Å². The molecule has 0 spiro atoms. The number of rotatable bonds is 6. The van der Waals surface area contributed by atoms with Gasteiger partial charge >= 0.3 is 0 Å². The van der Waals surface area contributed by atoms with Gasteiger partial charge in [-0.3, -0.25) is 0 Å². The Bertz CT molecular complexity index is 170. The van der Waals surface area contributed by atoms with E-state index < -0.39 is 0 Å². The summed E-state index contributed by atoms with van der Waals surface area (Å²) < 4.78 is 0. The van der Waals surface area contributed by atoms with E-state index in [-0.39, 0.29) is 6.10 Å². The largest absolute Gasteiger partial charge is 0.393 e. The molecule has 1 saturated carbocycles. The minimum atomic E-state index is -0.0891. The second-order valence-corrected chi connectivity index (χ2v) is 6.23. The molecule has 0 amide bonds. The predicted octanol–water partition coefficient (Wildman–Crippen LogP) is 4.39. The van der Waals surface area contributed by atoms with Gasteiger partial charge in [0.05, 0.1) is 6.10 Å². The van der Waals surface area contributed by atoms with Crippen molar-refractivity contribution < 1.29 is 5.11 Å². The smallest absolute Gasteiger partial charge is 0.0563 e. The number of hydrogen-bond acceptors (Lipinski definition) is 1.